The average molecular weight is 550 g/mol. The number of carbonyl (C=O) groups excluding carboxylic acids is 4. The minimum atomic E-state index is -2.65. The standard InChI is InChI=1S/C20H22F2N4O3.C7H15NO.CH4/c21-20(22)7-10-26(13-20)11-9-24-19(29)15-6-8-23-18-14(15)3-1-4-16(18)25-17(28)5-2-12-27;1-3-4-5-7(6-9)8-2;/h1,3-4,6,8,12H,2,5,7,9-11,13H2,(H,24,29)(H,25,28);6-8H,3-5H2,1-2H3;1H4. The highest BCUT2D eigenvalue weighted by atomic mass is 19.3. The molecule has 1 atom stereocenters. The van der Waals surface area contributed by atoms with Gasteiger partial charge in [-0.2, -0.15) is 0 Å². The third-order valence-electron chi connectivity index (χ3n) is 6.15. The van der Waals surface area contributed by atoms with Gasteiger partial charge in [-0.1, -0.05) is 39.3 Å². The summed E-state index contributed by atoms with van der Waals surface area (Å²) in [7, 11) is 1.81. The molecule has 2 heterocycles. The quantitative estimate of drug-likeness (QED) is 0.325. The van der Waals surface area contributed by atoms with E-state index in [1.807, 2.05) is 7.05 Å². The zero-order valence-electron chi connectivity index (χ0n) is 22.0. The molecule has 0 spiro atoms. The number of benzene rings is 1. The molecule has 1 saturated heterocycles. The molecule has 0 saturated carbocycles. The van der Waals surface area contributed by atoms with Crippen LogP contribution >= 0.6 is 0 Å². The summed E-state index contributed by atoms with van der Waals surface area (Å²) < 4.78 is 26.5. The number of alkyl halides is 2. The van der Waals surface area contributed by atoms with Crippen LogP contribution in [0.5, 0.6) is 0 Å². The molecule has 1 aliphatic rings. The lowest BCUT2D eigenvalue weighted by Crippen LogP contribution is -2.35. The van der Waals surface area contributed by atoms with E-state index in [1.54, 1.807) is 29.2 Å². The lowest BCUT2D eigenvalue weighted by molar-refractivity contribution is -0.118. The number of likely N-dealkylation sites (tertiary alicyclic amines) is 1. The predicted octanol–water partition coefficient (Wildman–Crippen LogP) is 3.82. The Labute approximate surface area is 229 Å². The fourth-order valence-electron chi connectivity index (χ4n) is 4.00. The number of carbonyl (C=O) groups is 4. The summed E-state index contributed by atoms with van der Waals surface area (Å²) in [5.74, 6) is -3.31. The Kier molecular flexibility index (Phi) is 15.0. The van der Waals surface area contributed by atoms with Gasteiger partial charge < -0.3 is 25.5 Å². The smallest absolute Gasteiger partial charge is 0.261 e. The van der Waals surface area contributed by atoms with E-state index in [4.69, 9.17) is 0 Å². The van der Waals surface area contributed by atoms with E-state index in [2.05, 4.69) is 27.9 Å². The molecule has 2 aromatic rings. The van der Waals surface area contributed by atoms with Crippen LogP contribution in [0.2, 0.25) is 0 Å². The fourth-order valence-corrected chi connectivity index (χ4v) is 4.00. The molecule has 0 bridgehead atoms. The van der Waals surface area contributed by atoms with Gasteiger partial charge in [0.15, 0.2) is 0 Å². The van der Waals surface area contributed by atoms with Gasteiger partial charge in [0.2, 0.25) is 5.91 Å². The van der Waals surface area contributed by atoms with Crippen molar-refractivity contribution in [2.24, 2.45) is 0 Å². The molecule has 1 aromatic carbocycles. The van der Waals surface area contributed by atoms with Crippen LogP contribution in [0.15, 0.2) is 30.5 Å². The first-order chi connectivity index (χ1) is 18.2. The number of nitrogens with zero attached hydrogens (tertiary/aromatic N) is 2. The van der Waals surface area contributed by atoms with Gasteiger partial charge in [-0.15, -0.1) is 0 Å². The van der Waals surface area contributed by atoms with Crippen LogP contribution in [0, 0.1) is 0 Å². The van der Waals surface area contributed by atoms with Crippen molar-refractivity contribution in [1.29, 1.82) is 0 Å². The highest BCUT2D eigenvalue weighted by Crippen LogP contribution is 2.26. The van der Waals surface area contributed by atoms with Crippen molar-refractivity contribution in [3.05, 3.63) is 36.0 Å². The van der Waals surface area contributed by atoms with Crippen LogP contribution in [0.4, 0.5) is 14.5 Å². The van der Waals surface area contributed by atoms with E-state index >= 15 is 0 Å². The number of para-hydroxylation sites is 1. The Hall–Kier alpha value is -3.31. The number of aromatic nitrogens is 1. The van der Waals surface area contributed by atoms with Crippen LogP contribution in [0.3, 0.4) is 0 Å². The minimum Gasteiger partial charge on any atom is -0.351 e. The predicted molar refractivity (Wildman–Crippen MR) is 149 cm³/mol. The molecule has 2 amide bonds. The summed E-state index contributed by atoms with van der Waals surface area (Å²) in [6.45, 7) is 2.75. The average Bonchev–Trinajstić information content (AvgIpc) is 3.26. The Bertz CT molecular complexity index is 1080. The number of amides is 2. The number of fused-ring (bicyclic) bond motifs is 1. The SMILES string of the molecule is C.CCCCC(C=O)NC.O=CCCC(=O)Nc1cccc2c(C(=O)NCCN3CCC(F)(F)C3)ccnc12. The van der Waals surface area contributed by atoms with Crippen molar-refractivity contribution < 1.29 is 28.0 Å². The van der Waals surface area contributed by atoms with Crippen molar-refractivity contribution >= 4 is 41.0 Å². The molecular weight excluding hydrogens is 508 g/mol. The van der Waals surface area contributed by atoms with E-state index in [1.165, 1.54) is 6.20 Å². The second-order valence-corrected chi connectivity index (χ2v) is 9.13. The third-order valence-corrected chi connectivity index (χ3v) is 6.15. The van der Waals surface area contributed by atoms with Gasteiger partial charge in [0.1, 0.15) is 12.6 Å². The maximum Gasteiger partial charge on any atom is 0.261 e. The zero-order chi connectivity index (χ0) is 28.0. The van der Waals surface area contributed by atoms with Gasteiger partial charge in [-0.05, 0) is 25.6 Å². The fraction of sp³-hybridized carbons (Fsp3) is 0.536. The van der Waals surface area contributed by atoms with Crippen LogP contribution in [0.25, 0.3) is 10.9 Å². The summed E-state index contributed by atoms with van der Waals surface area (Å²) in [4.78, 5) is 51.0. The minimum absolute atomic E-state index is 0. The van der Waals surface area contributed by atoms with Crippen molar-refractivity contribution in [3.8, 4) is 0 Å². The summed E-state index contributed by atoms with van der Waals surface area (Å²) >= 11 is 0. The van der Waals surface area contributed by atoms with E-state index in [0.29, 0.717) is 41.5 Å². The van der Waals surface area contributed by atoms with Crippen LogP contribution in [-0.2, 0) is 14.4 Å². The largest absolute Gasteiger partial charge is 0.351 e. The Morgan fingerprint density at radius 3 is 2.62 bits per heavy atom. The molecule has 39 heavy (non-hydrogen) atoms. The highest BCUT2D eigenvalue weighted by Gasteiger charge is 2.37. The topological polar surface area (TPSA) is 120 Å². The third kappa shape index (κ3) is 11.1. The van der Waals surface area contributed by atoms with Gasteiger partial charge in [0, 0.05) is 50.5 Å². The Morgan fingerprint density at radius 1 is 1.23 bits per heavy atom. The molecule has 3 rings (SSSR count). The second kappa shape index (κ2) is 17.3. The Morgan fingerprint density at radius 2 is 2.00 bits per heavy atom. The van der Waals surface area contributed by atoms with Gasteiger partial charge in [0.25, 0.3) is 11.8 Å². The molecule has 1 unspecified atom stereocenters. The first kappa shape index (κ1) is 33.7. The first-order valence-corrected chi connectivity index (χ1v) is 12.9. The monoisotopic (exact) mass is 549 g/mol. The Balaban J connectivity index is 0.000000656. The summed E-state index contributed by atoms with van der Waals surface area (Å²) in [5.41, 5.74) is 1.29. The number of anilines is 1. The van der Waals surface area contributed by atoms with E-state index in [-0.39, 0.29) is 57.6 Å². The van der Waals surface area contributed by atoms with Gasteiger partial charge >= 0.3 is 0 Å². The molecule has 0 radical (unpaired) electrons. The molecule has 11 heteroatoms. The van der Waals surface area contributed by atoms with Crippen LogP contribution in [-0.4, -0.2) is 79.5 Å². The van der Waals surface area contributed by atoms with Crippen molar-refractivity contribution in [3.63, 3.8) is 0 Å². The number of hydrogen-bond donors (Lipinski definition) is 3. The van der Waals surface area contributed by atoms with Gasteiger partial charge in [-0.25, -0.2) is 8.78 Å². The van der Waals surface area contributed by atoms with Crippen LogP contribution in [0.1, 0.15) is 63.2 Å². The molecule has 1 aromatic heterocycles. The van der Waals surface area contributed by atoms with Gasteiger partial charge in [0.05, 0.1) is 29.4 Å². The zero-order valence-corrected chi connectivity index (χ0v) is 22.0. The number of likely N-dealkylation sites (N-methyl/N-ethyl adjacent to an activating group) is 1. The molecular formula is C28H41F2N5O4. The molecule has 1 fully saturated rings. The molecule has 9 nitrogen and oxygen atoms in total. The number of aldehydes is 2. The lowest BCUT2D eigenvalue weighted by Gasteiger charge is -2.16. The summed E-state index contributed by atoms with van der Waals surface area (Å²) in [6, 6.07) is 6.73. The van der Waals surface area contributed by atoms with E-state index in [9.17, 15) is 28.0 Å². The van der Waals surface area contributed by atoms with Crippen molar-refractivity contribution in [1.82, 2.24) is 20.5 Å². The van der Waals surface area contributed by atoms with Crippen LogP contribution < -0.4 is 16.0 Å². The highest BCUT2D eigenvalue weighted by molar-refractivity contribution is 6.10. The number of hydrogen-bond acceptors (Lipinski definition) is 7. The molecule has 3 N–H and O–H groups in total. The molecule has 0 aliphatic carbocycles. The number of nitrogens with one attached hydrogen (secondary N) is 3. The molecule has 1 aliphatic heterocycles. The van der Waals surface area contributed by atoms with E-state index in [0.717, 1.165) is 25.5 Å². The maximum atomic E-state index is 13.2. The maximum absolute atomic E-state index is 13.2. The van der Waals surface area contributed by atoms with Crippen molar-refractivity contribution in [2.45, 2.75) is 64.8 Å². The number of unbranched alkanes of at least 4 members (excludes halogenated alkanes) is 1. The van der Waals surface area contributed by atoms with Crippen molar-refractivity contribution in [2.75, 3.05) is 38.5 Å². The first-order valence-electron chi connectivity index (χ1n) is 12.9. The van der Waals surface area contributed by atoms with Gasteiger partial charge in [-0.3, -0.25) is 19.5 Å². The number of halogens is 2. The molecule has 216 valence electrons. The number of pyridine rings is 1. The lowest BCUT2D eigenvalue weighted by atomic mass is 10.1. The summed E-state index contributed by atoms with van der Waals surface area (Å²) in [5, 5.41) is 8.94. The second-order valence-electron chi connectivity index (χ2n) is 9.13. The number of rotatable bonds is 13. The van der Waals surface area contributed by atoms with E-state index < -0.39 is 5.92 Å². The summed E-state index contributed by atoms with van der Waals surface area (Å²) in [6.07, 6.45) is 6.40. The normalized spacial score (nSPS) is 14.9.